The molecular formula is C14H19O. The first-order valence-electron chi connectivity index (χ1n) is 5.45. The highest BCUT2D eigenvalue weighted by molar-refractivity contribution is 5.88. The summed E-state index contributed by atoms with van der Waals surface area (Å²) in [5.41, 5.74) is 2.39. The lowest BCUT2D eigenvalue weighted by molar-refractivity contribution is -0.115. The van der Waals surface area contributed by atoms with Crippen molar-refractivity contribution in [2.24, 2.45) is 5.92 Å². The summed E-state index contributed by atoms with van der Waals surface area (Å²) >= 11 is 0. The highest BCUT2D eigenvalue weighted by atomic mass is 16.1. The van der Waals surface area contributed by atoms with Crippen LogP contribution in [0.3, 0.4) is 0 Å². The quantitative estimate of drug-likeness (QED) is 0.733. The van der Waals surface area contributed by atoms with Crippen LogP contribution in [-0.2, 0) is 11.2 Å². The molecule has 0 aliphatic heterocycles. The molecular weight excluding hydrogens is 184 g/mol. The number of Topliss-reactive ketones (excluding diaryl/α,β-unsaturated/α-hetero) is 1. The van der Waals surface area contributed by atoms with Crippen molar-refractivity contribution < 1.29 is 4.79 Å². The van der Waals surface area contributed by atoms with Crippen molar-refractivity contribution in [1.82, 2.24) is 0 Å². The first kappa shape index (κ1) is 12.0. The molecule has 0 spiro atoms. The molecule has 0 saturated carbocycles. The fourth-order valence-corrected chi connectivity index (χ4v) is 1.60. The molecule has 0 saturated heterocycles. The van der Waals surface area contributed by atoms with Gasteiger partial charge in [0.2, 0.25) is 0 Å². The molecule has 0 N–H and O–H groups in total. The van der Waals surface area contributed by atoms with E-state index < -0.39 is 0 Å². The van der Waals surface area contributed by atoms with E-state index >= 15 is 0 Å². The Morgan fingerprint density at radius 1 is 1.20 bits per heavy atom. The Morgan fingerprint density at radius 2 is 1.73 bits per heavy atom. The van der Waals surface area contributed by atoms with E-state index in [0.29, 0.717) is 5.92 Å². The zero-order chi connectivity index (χ0) is 11.4. The number of rotatable bonds is 4. The highest BCUT2D eigenvalue weighted by Crippen LogP contribution is 2.17. The molecule has 1 rings (SSSR count). The summed E-state index contributed by atoms with van der Waals surface area (Å²) in [4.78, 5) is 11.1. The number of ketones is 1. The summed E-state index contributed by atoms with van der Waals surface area (Å²) in [5.74, 6) is 0.562. The van der Waals surface area contributed by atoms with Gasteiger partial charge in [0, 0.05) is 12.8 Å². The summed E-state index contributed by atoms with van der Waals surface area (Å²) in [7, 11) is 0. The number of hydrogen-bond acceptors (Lipinski definition) is 1. The molecule has 0 aliphatic rings. The topological polar surface area (TPSA) is 17.1 Å². The molecule has 0 amide bonds. The van der Waals surface area contributed by atoms with Crippen molar-refractivity contribution in [1.29, 1.82) is 0 Å². The molecule has 0 bridgehead atoms. The van der Waals surface area contributed by atoms with Crippen LogP contribution in [0.1, 0.15) is 37.8 Å². The Labute approximate surface area is 92.5 Å². The summed E-state index contributed by atoms with van der Waals surface area (Å²) in [5, 5.41) is 0. The minimum Gasteiger partial charge on any atom is -0.299 e. The second kappa shape index (κ2) is 5.11. The Balaban J connectivity index is 2.76. The monoisotopic (exact) mass is 203 g/mol. The Bertz CT molecular complexity index is 322. The molecule has 1 nitrogen and oxygen atoms in total. The number of carbonyl (C=O) groups is 1. The van der Waals surface area contributed by atoms with Crippen LogP contribution in [-0.4, -0.2) is 5.78 Å². The fourth-order valence-electron chi connectivity index (χ4n) is 1.60. The molecule has 1 aromatic carbocycles. The summed E-state index contributed by atoms with van der Waals surface area (Å²) in [6.45, 7) is 9.75. The third-order valence-corrected chi connectivity index (χ3v) is 2.61. The van der Waals surface area contributed by atoms with Gasteiger partial charge in [-0.05, 0) is 23.5 Å². The van der Waals surface area contributed by atoms with Crippen LogP contribution in [0.25, 0.3) is 0 Å². The van der Waals surface area contributed by atoms with E-state index in [4.69, 9.17) is 0 Å². The molecule has 81 valence electrons. The zero-order valence-corrected chi connectivity index (χ0v) is 9.79. The van der Waals surface area contributed by atoms with Gasteiger partial charge in [-0.2, -0.15) is 0 Å². The minimum absolute atomic E-state index is 0.0217. The largest absolute Gasteiger partial charge is 0.299 e. The first-order chi connectivity index (χ1) is 7.00. The van der Waals surface area contributed by atoms with Gasteiger partial charge in [-0.3, -0.25) is 4.79 Å². The second-order valence-corrected chi connectivity index (χ2v) is 4.53. The lowest BCUT2D eigenvalue weighted by Gasteiger charge is -2.09. The van der Waals surface area contributed by atoms with Gasteiger partial charge in [0.15, 0.2) is 0 Å². The van der Waals surface area contributed by atoms with E-state index in [1.54, 1.807) is 0 Å². The molecule has 0 aromatic heterocycles. The van der Waals surface area contributed by atoms with Crippen LogP contribution in [0.5, 0.6) is 0 Å². The molecule has 1 aromatic rings. The normalized spacial score (nSPS) is 12.9. The van der Waals surface area contributed by atoms with Crippen molar-refractivity contribution in [2.75, 3.05) is 0 Å². The van der Waals surface area contributed by atoms with Crippen LogP contribution in [0.4, 0.5) is 0 Å². The van der Waals surface area contributed by atoms with E-state index in [-0.39, 0.29) is 11.7 Å². The number of hydrogen-bond donors (Lipinski definition) is 0. The van der Waals surface area contributed by atoms with E-state index in [1.165, 1.54) is 5.56 Å². The van der Waals surface area contributed by atoms with Crippen molar-refractivity contribution in [3.05, 3.63) is 42.3 Å². The van der Waals surface area contributed by atoms with Gasteiger partial charge in [0.25, 0.3) is 0 Å². The molecule has 0 heterocycles. The SMILES string of the molecule is [CH2]C(=O)C(C)c1ccc(CC(C)C)cc1. The van der Waals surface area contributed by atoms with Crippen molar-refractivity contribution >= 4 is 5.78 Å². The molecule has 1 unspecified atom stereocenters. The van der Waals surface area contributed by atoms with Crippen LogP contribution in [0.15, 0.2) is 24.3 Å². The van der Waals surface area contributed by atoms with Crippen LogP contribution < -0.4 is 0 Å². The predicted octanol–water partition coefficient (Wildman–Crippen LogP) is 3.39. The Hall–Kier alpha value is -1.11. The standard InChI is InChI=1S/C14H19O/c1-10(2)9-13-5-7-14(8-6-13)11(3)12(4)15/h5-8,10-11H,4,9H2,1-3H3. The average molecular weight is 203 g/mol. The van der Waals surface area contributed by atoms with Crippen molar-refractivity contribution in [3.8, 4) is 0 Å². The maximum atomic E-state index is 11.1. The first-order valence-corrected chi connectivity index (χ1v) is 5.45. The van der Waals surface area contributed by atoms with Gasteiger partial charge in [-0.1, -0.05) is 45.0 Å². The molecule has 1 radical (unpaired) electrons. The fraction of sp³-hybridized carbons (Fsp3) is 0.429. The van der Waals surface area contributed by atoms with Crippen molar-refractivity contribution in [3.63, 3.8) is 0 Å². The molecule has 15 heavy (non-hydrogen) atoms. The maximum Gasteiger partial charge on any atom is 0.140 e. The van der Waals surface area contributed by atoms with Crippen LogP contribution in [0.2, 0.25) is 0 Å². The van der Waals surface area contributed by atoms with E-state index in [1.807, 2.05) is 19.1 Å². The van der Waals surface area contributed by atoms with Crippen LogP contribution in [0, 0.1) is 12.8 Å². The average Bonchev–Trinajstić information content (AvgIpc) is 2.17. The Kier molecular flexibility index (Phi) is 4.07. The van der Waals surface area contributed by atoms with E-state index in [2.05, 4.69) is 32.9 Å². The summed E-state index contributed by atoms with van der Waals surface area (Å²) in [6.07, 6.45) is 1.09. The van der Waals surface area contributed by atoms with E-state index in [9.17, 15) is 4.79 Å². The molecule has 1 heteroatoms. The number of carbonyl (C=O) groups excluding carboxylic acids is 1. The number of benzene rings is 1. The van der Waals surface area contributed by atoms with E-state index in [0.717, 1.165) is 12.0 Å². The van der Waals surface area contributed by atoms with Gasteiger partial charge in [0.1, 0.15) is 5.78 Å². The molecule has 1 atom stereocenters. The maximum absolute atomic E-state index is 11.1. The second-order valence-electron chi connectivity index (χ2n) is 4.53. The lowest BCUT2D eigenvalue weighted by Crippen LogP contribution is -2.04. The van der Waals surface area contributed by atoms with Gasteiger partial charge in [-0.15, -0.1) is 0 Å². The van der Waals surface area contributed by atoms with Crippen molar-refractivity contribution in [2.45, 2.75) is 33.1 Å². The van der Waals surface area contributed by atoms with Gasteiger partial charge in [0.05, 0.1) is 0 Å². The summed E-state index contributed by atoms with van der Waals surface area (Å²) < 4.78 is 0. The third-order valence-electron chi connectivity index (χ3n) is 2.61. The molecule has 0 aliphatic carbocycles. The zero-order valence-electron chi connectivity index (χ0n) is 9.79. The predicted molar refractivity (Wildman–Crippen MR) is 63.8 cm³/mol. The van der Waals surface area contributed by atoms with Gasteiger partial charge < -0.3 is 0 Å². The molecule has 0 fully saturated rings. The summed E-state index contributed by atoms with van der Waals surface area (Å²) in [6, 6.07) is 8.28. The Morgan fingerprint density at radius 3 is 2.13 bits per heavy atom. The van der Waals surface area contributed by atoms with Gasteiger partial charge in [-0.25, -0.2) is 0 Å². The third kappa shape index (κ3) is 3.50. The lowest BCUT2D eigenvalue weighted by atomic mass is 9.95. The van der Waals surface area contributed by atoms with Crippen LogP contribution >= 0.6 is 0 Å². The minimum atomic E-state index is -0.0851. The highest BCUT2D eigenvalue weighted by Gasteiger charge is 2.10. The smallest absolute Gasteiger partial charge is 0.140 e. The van der Waals surface area contributed by atoms with Gasteiger partial charge >= 0.3 is 0 Å².